The molecule has 2 amide bonds. The number of primary amides is 1. The van der Waals surface area contributed by atoms with Gasteiger partial charge in [-0.25, -0.2) is 14.2 Å². The van der Waals surface area contributed by atoms with Crippen LogP contribution in [0.2, 0.25) is 5.02 Å². The van der Waals surface area contributed by atoms with Crippen LogP contribution < -0.4 is 15.8 Å². The maximum atomic E-state index is 13.6. The Bertz CT molecular complexity index is 803. The number of hydrogen-bond donors (Lipinski definition) is 1. The van der Waals surface area contributed by atoms with E-state index in [2.05, 4.69) is 0 Å². The number of nitrogens with zero attached hydrogens (tertiary/aromatic N) is 3. The van der Waals surface area contributed by atoms with Crippen LogP contribution >= 0.6 is 11.6 Å². The van der Waals surface area contributed by atoms with Gasteiger partial charge in [-0.1, -0.05) is 17.7 Å². The lowest BCUT2D eigenvalue weighted by atomic mass is 10.1. The Hall–Kier alpha value is -2.78. The zero-order chi connectivity index (χ0) is 17.1. The van der Waals surface area contributed by atoms with E-state index in [9.17, 15) is 14.4 Å². The first kappa shape index (κ1) is 16.6. The summed E-state index contributed by atoms with van der Waals surface area (Å²) in [6, 6.07) is 9.87. The molecule has 2 rings (SSSR count). The van der Waals surface area contributed by atoms with E-state index in [1.165, 1.54) is 24.2 Å². The van der Waals surface area contributed by atoms with E-state index in [0.29, 0.717) is 16.3 Å². The second-order valence-corrected chi connectivity index (χ2v) is 5.24. The molecule has 2 N–H and O–H groups in total. The van der Waals surface area contributed by atoms with E-state index in [4.69, 9.17) is 17.3 Å². The molecule has 118 valence electrons. The molecule has 0 saturated heterocycles. The molecule has 0 bridgehead atoms. The van der Waals surface area contributed by atoms with Gasteiger partial charge in [0.25, 0.3) is 0 Å². The average molecular weight is 333 g/mol. The molecule has 0 aliphatic carbocycles. The molecular weight excluding hydrogens is 319 g/mol. The first-order valence-electron chi connectivity index (χ1n) is 6.64. The number of rotatable bonds is 3. The van der Waals surface area contributed by atoms with Crippen LogP contribution in [0.5, 0.6) is 0 Å². The molecule has 2 aromatic rings. The first-order valence-corrected chi connectivity index (χ1v) is 7.02. The van der Waals surface area contributed by atoms with Gasteiger partial charge in [0, 0.05) is 18.1 Å². The van der Waals surface area contributed by atoms with Crippen molar-refractivity contribution < 1.29 is 9.18 Å². The van der Waals surface area contributed by atoms with Crippen molar-refractivity contribution in [3.05, 3.63) is 58.4 Å². The molecule has 0 atom stereocenters. The Morgan fingerprint density at radius 3 is 2.61 bits per heavy atom. The fourth-order valence-corrected chi connectivity index (χ4v) is 2.40. The van der Waals surface area contributed by atoms with E-state index in [1.807, 2.05) is 6.07 Å². The van der Waals surface area contributed by atoms with Gasteiger partial charge in [0.2, 0.25) is 0 Å². The normalized spacial score (nSPS) is 10.0. The lowest BCUT2D eigenvalue weighted by molar-refractivity contribution is 0.253. The summed E-state index contributed by atoms with van der Waals surface area (Å²) in [6.07, 6.45) is 0. The fraction of sp³-hybridized carbons (Fsp3) is 0.125. The van der Waals surface area contributed by atoms with Gasteiger partial charge in [0.05, 0.1) is 16.9 Å². The molecule has 0 aliphatic heterocycles. The Kier molecular flexibility index (Phi) is 4.72. The number of urea groups is 1. The van der Waals surface area contributed by atoms with Crippen LogP contribution in [-0.2, 0) is 0 Å². The third-order valence-electron chi connectivity index (χ3n) is 3.40. The van der Waals surface area contributed by atoms with E-state index >= 15 is 0 Å². The van der Waals surface area contributed by atoms with Crippen LogP contribution in [0.25, 0.3) is 0 Å². The van der Waals surface area contributed by atoms with Gasteiger partial charge in [-0.05, 0) is 36.8 Å². The summed E-state index contributed by atoms with van der Waals surface area (Å²) in [7, 11) is 1.51. The summed E-state index contributed by atoms with van der Waals surface area (Å²) in [5, 5.41) is 12.1. The Morgan fingerprint density at radius 1 is 1.30 bits per heavy atom. The first-order chi connectivity index (χ1) is 10.9. The van der Waals surface area contributed by atoms with Gasteiger partial charge in [-0.15, -0.1) is 0 Å². The number of carbonyl (C=O) groups excluding carboxylic acids is 1. The van der Waals surface area contributed by atoms with Crippen LogP contribution in [0.4, 0.5) is 20.6 Å². The standard InChI is InChI=1S/C16H14ClFN4O/c1-10-13(17)4-3-5-14(10)22(16(20)23)21(2)15-8-12(18)7-6-11(15)9-19/h3-8H,1-2H3,(H2,20,23). The van der Waals surface area contributed by atoms with Crippen molar-refractivity contribution in [1.82, 2.24) is 0 Å². The smallest absolute Gasteiger partial charge is 0.338 e. The van der Waals surface area contributed by atoms with Gasteiger partial charge in [0.1, 0.15) is 11.9 Å². The molecule has 0 spiro atoms. The van der Waals surface area contributed by atoms with Gasteiger partial charge in [-0.2, -0.15) is 5.26 Å². The molecule has 0 heterocycles. The highest BCUT2D eigenvalue weighted by Crippen LogP contribution is 2.30. The summed E-state index contributed by atoms with van der Waals surface area (Å²) in [4.78, 5) is 11.9. The summed E-state index contributed by atoms with van der Waals surface area (Å²) in [5.41, 5.74) is 6.98. The largest absolute Gasteiger partial charge is 0.350 e. The highest BCUT2D eigenvalue weighted by Gasteiger charge is 2.23. The number of hydrogen-bond acceptors (Lipinski definition) is 3. The van der Waals surface area contributed by atoms with Crippen molar-refractivity contribution in [3.63, 3.8) is 0 Å². The number of carbonyl (C=O) groups is 1. The molecule has 23 heavy (non-hydrogen) atoms. The van der Waals surface area contributed by atoms with E-state index in [0.717, 1.165) is 11.1 Å². The van der Waals surface area contributed by atoms with Gasteiger partial charge < -0.3 is 5.73 Å². The van der Waals surface area contributed by atoms with E-state index < -0.39 is 11.8 Å². The Morgan fingerprint density at radius 2 is 2.00 bits per heavy atom. The maximum Gasteiger partial charge on any atom is 0.338 e. The predicted octanol–water partition coefficient (Wildman–Crippen LogP) is 3.60. The Labute approximate surface area is 138 Å². The molecule has 7 heteroatoms. The minimum atomic E-state index is -0.786. The monoisotopic (exact) mass is 332 g/mol. The van der Waals surface area contributed by atoms with Crippen LogP contribution in [0.3, 0.4) is 0 Å². The third-order valence-corrected chi connectivity index (χ3v) is 3.81. The number of nitrogens with two attached hydrogens (primary N) is 1. The molecule has 0 aromatic heterocycles. The molecule has 0 aliphatic rings. The quantitative estimate of drug-likeness (QED) is 0.873. The summed E-state index contributed by atoms with van der Waals surface area (Å²) in [5.74, 6) is -0.530. The maximum absolute atomic E-state index is 13.6. The molecule has 0 fully saturated rings. The van der Waals surface area contributed by atoms with Crippen molar-refractivity contribution in [3.8, 4) is 6.07 Å². The zero-order valence-electron chi connectivity index (χ0n) is 12.5. The van der Waals surface area contributed by atoms with Gasteiger partial charge >= 0.3 is 6.03 Å². The number of hydrazine groups is 1. The second-order valence-electron chi connectivity index (χ2n) is 4.83. The SMILES string of the molecule is Cc1c(Cl)cccc1N(C(N)=O)N(C)c1cc(F)ccc1C#N. The number of anilines is 2. The highest BCUT2D eigenvalue weighted by atomic mass is 35.5. The van der Waals surface area contributed by atoms with E-state index in [1.54, 1.807) is 25.1 Å². The Balaban J connectivity index is 2.59. The average Bonchev–Trinajstić information content (AvgIpc) is 2.51. The molecule has 0 saturated carbocycles. The third kappa shape index (κ3) is 3.20. The van der Waals surface area contributed by atoms with Crippen molar-refractivity contribution in [2.24, 2.45) is 5.73 Å². The van der Waals surface area contributed by atoms with Gasteiger partial charge in [-0.3, -0.25) is 5.01 Å². The number of halogens is 2. The summed E-state index contributed by atoms with van der Waals surface area (Å²) in [6.45, 7) is 1.73. The lowest BCUT2D eigenvalue weighted by Crippen LogP contribution is -2.48. The zero-order valence-corrected chi connectivity index (χ0v) is 13.3. The topological polar surface area (TPSA) is 73.4 Å². The van der Waals surface area contributed by atoms with Crippen molar-refractivity contribution in [2.45, 2.75) is 6.92 Å². The van der Waals surface area contributed by atoms with Crippen molar-refractivity contribution >= 4 is 29.0 Å². The minimum Gasteiger partial charge on any atom is -0.350 e. The predicted molar refractivity (Wildman–Crippen MR) is 87.8 cm³/mol. The molecule has 0 radical (unpaired) electrons. The van der Waals surface area contributed by atoms with E-state index in [-0.39, 0.29) is 11.3 Å². The van der Waals surface area contributed by atoms with Gasteiger partial charge in [0.15, 0.2) is 0 Å². The molecule has 0 unspecified atom stereocenters. The number of nitriles is 1. The molecule has 2 aromatic carbocycles. The summed E-state index contributed by atoms with van der Waals surface area (Å²) >= 11 is 6.09. The number of amides is 2. The number of benzene rings is 2. The lowest BCUT2D eigenvalue weighted by Gasteiger charge is -2.33. The summed E-state index contributed by atoms with van der Waals surface area (Å²) < 4.78 is 13.6. The van der Waals surface area contributed by atoms with Crippen LogP contribution in [0, 0.1) is 24.1 Å². The van der Waals surface area contributed by atoms with Crippen molar-refractivity contribution in [2.75, 3.05) is 17.1 Å². The molecule has 5 nitrogen and oxygen atoms in total. The van der Waals surface area contributed by atoms with Crippen LogP contribution in [0.1, 0.15) is 11.1 Å². The minimum absolute atomic E-state index is 0.208. The second kappa shape index (κ2) is 6.55. The van der Waals surface area contributed by atoms with Crippen LogP contribution in [0.15, 0.2) is 36.4 Å². The fourth-order valence-electron chi connectivity index (χ4n) is 2.23. The van der Waals surface area contributed by atoms with Crippen molar-refractivity contribution in [1.29, 1.82) is 5.26 Å². The highest BCUT2D eigenvalue weighted by molar-refractivity contribution is 6.31. The van der Waals surface area contributed by atoms with Crippen LogP contribution in [-0.4, -0.2) is 13.1 Å². The molecular formula is C16H14ClFN4O.